The summed E-state index contributed by atoms with van der Waals surface area (Å²) >= 11 is 5.98. The summed E-state index contributed by atoms with van der Waals surface area (Å²) in [6.45, 7) is 6.73. The van der Waals surface area contributed by atoms with Gasteiger partial charge in [0, 0.05) is 18.1 Å². The molecule has 0 bridgehead atoms. The van der Waals surface area contributed by atoms with E-state index in [1.54, 1.807) is 24.3 Å². The fourth-order valence-corrected chi connectivity index (χ4v) is 5.60. The van der Waals surface area contributed by atoms with Crippen LogP contribution in [-0.2, 0) is 20.6 Å². The van der Waals surface area contributed by atoms with Gasteiger partial charge >= 0.3 is 0 Å². The molecule has 1 amide bonds. The SMILES string of the molecule is Cc1ccc(C(C)NC(=O)C2CCCN(S(=O)(=O)Cc3cccc(Cl)c3)C2)cc1C. The highest BCUT2D eigenvalue weighted by Crippen LogP contribution is 2.24. The van der Waals surface area contributed by atoms with E-state index in [2.05, 4.69) is 31.3 Å². The Balaban J connectivity index is 1.64. The van der Waals surface area contributed by atoms with Gasteiger partial charge in [-0.15, -0.1) is 0 Å². The van der Waals surface area contributed by atoms with Crippen molar-refractivity contribution in [2.45, 2.75) is 45.4 Å². The number of nitrogens with zero attached hydrogens (tertiary/aromatic N) is 1. The van der Waals surface area contributed by atoms with Crippen LogP contribution in [0.1, 0.15) is 48.1 Å². The average molecular weight is 449 g/mol. The second kappa shape index (κ2) is 9.50. The van der Waals surface area contributed by atoms with Gasteiger partial charge in [0.15, 0.2) is 0 Å². The first-order valence-electron chi connectivity index (χ1n) is 10.3. The standard InChI is InChI=1S/C23H29ClN2O3S/c1-16-9-10-20(12-17(16)2)18(3)25-23(27)21-7-5-11-26(14-21)30(28,29)15-19-6-4-8-22(24)13-19/h4,6,8-10,12-13,18,21H,5,7,11,14-15H2,1-3H3,(H,25,27). The minimum atomic E-state index is -3.52. The molecule has 0 aromatic heterocycles. The van der Waals surface area contributed by atoms with Gasteiger partial charge in [-0.3, -0.25) is 4.79 Å². The normalized spacial score (nSPS) is 18.7. The summed E-state index contributed by atoms with van der Waals surface area (Å²) in [6, 6.07) is 12.9. The lowest BCUT2D eigenvalue weighted by atomic mass is 9.97. The van der Waals surface area contributed by atoms with E-state index in [1.165, 1.54) is 15.4 Å². The van der Waals surface area contributed by atoms with Crippen molar-refractivity contribution in [2.24, 2.45) is 5.92 Å². The lowest BCUT2D eigenvalue weighted by Gasteiger charge is -2.32. The largest absolute Gasteiger partial charge is 0.349 e. The number of halogens is 1. The number of nitrogens with one attached hydrogen (secondary N) is 1. The maximum atomic E-state index is 12.9. The average Bonchev–Trinajstić information content (AvgIpc) is 2.69. The van der Waals surface area contributed by atoms with Crippen molar-refractivity contribution in [1.82, 2.24) is 9.62 Å². The zero-order chi connectivity index (χ0) is 21.9. The Hall–Kier alpha value is -1.89. The zero-order valence-electron chi connectivity index (χ0n) is 17.7. The quantitative estimate of drug-likeness (QED) is 0.713. The van der Waals surface area contributed by atoms with Gasteiger partial charge in [0.05, 0.1) is 17.7 Å². The highest BCUT2D eigenvalue weighted by molar-refractivity contribution is 7.88. The molecule has 30 heavy (non-hydrogen) atoms. The van der Waals surface area contributed by atoms with Crippen molar-refractivity contribution in [3.05, 3.63) is 69.7 Å². The van der Waals surface area contributed by atoms with Crippen LogP contribution in [0.25, 0.3) is 0 Å². The van der Waals surface area contributed by atoms with Crippen LogP contribution in [0.5, 0.6) is 0 Å². The molecule has 0 saturated carbocycles. The fourth-order valence-electron chi connectivity index (χ4n) is 3.79. The second-order valence-electron chi connectivity index (χ2n) is 8.16. The molecule has 0 aliphatic carbocycles. The fraction of sp³-hybridized carbons (Fsp3) is 0.435. The Labute approximate surface area is 184 Å². The number of amides is 1. The Kier molecular flexibility index (Phi) is 7.22. The summed E-state index contributed by atoms with van der Waals surface area (Å²) in [4.78, 5) is 12.9. The lowest BCUT2D eigenvalue weighted by molar-refractivity contribution is -0.126. The summed E-state index contributed by atoms with van der Waals surface area (Å²) in [5.74, 6) is -0.550. The molecular weight excluding hydrogens is 420 g/mol. The van der Waals surface area contributed by atoms with Crippen molar-refractivity contribution < 1.29 is 13.2 Å². The van der Waals surface area contributed by atoms with Crippen molar-refractivity contribution in [2.75, 3.05) is 13.1 Å². The van der Waals surface area contributed by atoms with E-state index in [0.717, 1.165) is 5.56 Å². The third-order valence-electron chi connectivity index (χ3n) is 5.78. The number of piperidine rings is 1. The molecule has 5 nitrogen and oxygen atoms in total. The molecule has 1 N–H and O–H groups in total. The maximum absolute atomic E-state index is 12.9. The highest BCUT2D eigenvalue weighted by atomic mass is 35.5. The molecule has 1 heterocycles. The molecule has 1 aliphatic rings. The predicted molar refractivity (Wildman–Crippen MR) is 121 cm³/mol. The topological polar surface area (TPSA) is 66.5 Å². The van der Waals surface area contributed by atoms with E-state index in [9.17, 15) is 13.2 Å². The first-order chi connectivity index (χ1) is 14.2. The summed E-state index contributed by atoms with van der Waals surface area (Å²) in [5, 5.41) is 3.58. The molecule has 1 fully saturated rings. The first-order valence-corrected chi connectivity index (χ1v) is 12.2. The van der Waals surface area contributed by atoms with Gasteiger partial charge in [0.1, 0.15) is 0 Å². The van der Waals surface area contributed by atoms with E-state index in [1.807, 2.05) is 13.0 Å². The first kappa shape index (κ1) is 22.8. The highest BCUT2D eigenvalue weighted by Gasteiger charge is 2.32. The minimum Gasteiger partial charge on any atom is -0.349 e. The van der Waals surface area contributed by atoms with Gasteiger partial charge in [-0.2, -0.15) is 0 Å². The van der Waals surface area contributed by atoms with Crippen molar-refractivity contribution in [1.29, 1.82) is 0 Å². The Morgan fingerprint density at radius 3 is 2.67 bits per heavy atom. The van der Waals surface area contributed by atoms with Crippen molar-refractivity contribution in [3.8, 4) is 0 Å². The monoisotopic (exact) mass is 448 g/mol. The summed E-state index contributed by atoms with van der Waals surface area (Å²) < 4.78 is 27.2. The number of sulfonamides is 1. The van der Waals surface area contributed by atoms with Gasteiger partial charge < -0.3 is 5.32 Å². The summed E-state index contributed by atoms with van der Waals surface area (Å²) in [6.07, 6.45) is 1.36. The summed E-state index contributed by atoms with van der Waals surface area (Å²) in [7, 11) is -3.52. The lowest BCUT2D eigenvalue weighted by Crippen LogP contribution is -2.46. The smallest absolute Gasteiger partial charge is 0.224 e. The molecule has 0 radical (unpaired) electrons. The molecule has 2 aromatic rings. The van der Waals surface area contributed by atoms with Gasteiger partial charge in [-0.05, 0) is 68.0 Å². The predicted octanol–water partition coefficient (Wildman–Crippen LogP) is 4.38. The van der Waals surface area contributed by atoms with Crippen LogP contribution in [0, 0.1) is 19.8 Å². The van der Waals surface area contributed by atoms with E-state index in [0.29, 0.717) is 30.0 Å². The van der Waals surface area contributed by atoms with Crippen LogP contribution in [0.2, 0.25) is 5.02 Å². The second-order valence-corrected chi connectivity index (χ2v) is 10.6. The molecule has 2 aromatic carbocycles. The van der Waals surface area contributed by atoms with E-state index < -0.39 is 10.0 Å². The van der Waals surface area contributed by atoms with Crippen LogP contribution >= 0.6 is 11.6 Å². The number of aryl methyl sites for hydroxylation is 2. The number of carbonyl (C=O) groups is 1. The molecule has 2 atom stereocenters. The van der Waals surface area contributed by atoms with Gasteiger partial charge in [-0.1, -0.05) is 41.9 Å². The Morgan fingerprint density at radius 2 is 1.97 bits per heavy atom. The van der Waals surface area contributed by atoms with Gasteiger partial charge in [-0.25, -0.2) is 12.7 Å². The molecule has 3 rings (SSSR count). The van der Waals surface area contributed by atoms with Crippen LogP contribution in [0.4, 0.5) is 0 Å². The third-order valence-corrected chi connectivity index (χ3v) is 7.83. The van der Waals surface area contributed by atoms with Crippen LogP contribution < -0.4 is 5.32 Å². The van der Waals surface area contributed by atoms with E-state index in [-0.39, 0.29) is 30.2 Å². The molecule has 1 saturated heterocycles. The van der Waals surface area contributed by atoms with Crippen LogP contribution in [-0.4, -0.2) is 31.7 Å². The number of hydrogen-bond acceptors (Lipinski definition) is 3. The molecule has 7 heteroatoms. The van der Waals surface area contributed by atoms with E-state index >= 15 is 0 Å². The Bertz CT molecular complexity index is 1020. The number of carbonyl (C=O) groups excluding carboxylic acids is 1. The van der Waals surface area contributed by atoms with E-state index in [4.69, 9.17) is 11.6 Å². The van der Waals surface area contributed by atoms with Crippen LogP contribution in [0.15, 0.2) is 42.5 Å². The molecular formula is C23H29ClN2O3S. The van der Waals surface area contributed by atoms with Crippen molar-refractivity contribution >= 4 is 27.5 Å². The van der Waals surface area contributed by atoms with Crippen LogP contribution in [0.3, 0.4) is 0 Å². The number of benzene rings is 2. The minimum absolute atomic E-state index is 0.0941. The Morgan fingerprint density at radius 1 is 1.20 bits per heavy atom. The summed E-state index contributed by atoms with van der Waals surface area (Å²) in [5.41, 5.74) is 4.10. The van der Waals surface area contributed by atoms with Gasteiger partial charge in [0.25, 0.3) is 0 Å². The number of hydrogen-bond donors (Lipinski definition) is 1. The maximum Gasteiger partial charge on any atom is 0.224 e. The van der Waals surface area contributed by atoms with Crippen molar-refractivity contribution in [3.63, 3.8) is 0 Å². The molecule has 0 spiro atoms. The molecule has 162 valence electrons. The van der Waals surface area contributed by atoms with Gasteiger partial charge in [0.2, 0.25) is 15.9 Å². The number of rotatable bonds is 6. The molecule has 1 aliphatic heterocycles. The molecule has 2 unspecified atom stereocenters. The zero-order valence-corrected chi connectivity index (χ0v) is 19.3. The third kappa shape index (κ3) is 5.62.